The van der Waals surface area contributed by atoms with Crippen molar-refractivity contribution in [3.63, 3.8) is 0 Å². The maximum atomic E-state index is 12.6. The lowest BCUT2D eigenvalue weighted by Gasteiger charge is -2.18. The van der Waals surface area contributed by atoms with Crippen LogP contribution < -0.4 is 4.72 Å². The highest BCUT2D eigenvalue weighted by atomic mass is 32.2. The van der Waals surface area contributed by atoms with Crippen LogP contribution in [0, 0.1) is 0 Å². The minimum Gasteiger partial charge on any atom is -0.264 e. The molecule has 3 aromatic heterocycles. The molecular formula is C16H15N3O2S2. The molecule has 3 aromatic rings. The van der Waals surface area contributed by atoms with Gasteiger partial charge in [0.2, 0.25) is 10.0 Å². The second-order valence-electron chi connectivity index (χ2n) is 4.98. The van der Waals surface area contributed by atoms with E-state index in [0.29, 0.717) is 6.42 Å². The Hall–Kier alpha value is -2.09. The first-order valence-corrected chi connectivity index (χ1v) is 9.41. The van der Waals surface area contributed by atoms with E-state index in [1.165, 1.54) is 12.3 Å². The van der Waals surface area contributed by atoms with Crippen molar-refractivity contribution in [1.29, 1.82) is 0 Å². The van der Waals surface area contributed by atoms with Crippen molar-refractivity contribution in [2.24, 2.45) is 0 Å². The van der Waals surface area contributed by atoms with Crippen LogP contribution in [-0.2, 0) is 16.4 Å². The number of thiophene rings is 1. The second-order valence-corrected chi connectivity index (χ2v) is 7.48. The number of hydrogen-bond acceptors (Lipinski definition) is 5. The van der Waals surface area contributed by atoms with E-state index in [9.17, 15) is 8.42 Å². The van der Waals surface area contributed by atoms with Crippen molar-refractivity contribution in [2.45, 2.75) is 17.4 Å². The first-order valence-electron chi connectivity index (χ1n) is 6.98. The predicted octanol–water partition coefficient (Wildman–Crippen LogP) is 2.80. The van der Waals surface area contributed by atoms with Crippen LogP contribution in [0.3, 0.4) is 0 Å². The van der Waals surface area contributed by atoms with E-state index in [0.717, 1.165) is 11.1 Å². The number of aromatic nitrogens is 2. The molecule has 0 aliphatic heterocycles. The van der Waals surface area contributed by atoms with Gasteiger partial charge in [0, 0.05) is 24.8 Å². The summed E-state index contributed by atoms with van der Waals surface area (Å²) in [6, 6.07) is 8.41. The Bertz CT molecular complexity index is 836. The van der Waals surface area contributed by atoms with Crippen LogP contribution in [0.5, 0.6) is 0 Å². The second kappa shape index (κ2) is 6.99. The summed E-state index contributed by atoms with van der Waals surface area (Å²) < 4.78 is 27.9. The van der Waals surface area contributed by atoms with Crippen molar-refractivity contribution in [1.82, 2.24) is 14.7 Å². The van der Waals surface area contributed by atoms with Crippen LogP contribution in [0.15, 0.2) is 70.8 Å². The average molecular weight is 345 g/mol. The van der Waals surface area contributed by atoms with Gasteiger partial charge in [-0.25, -0.2) is 13.1 Å². The van der Waals surface area contributed by atoms with Gasteiger partial charge in [0.05, 0.1) is 6.04 Å². The van der Waals surface area contributed by atoms with Crippen molar-refractivity contribution in [3.05, 3.63) is 77.0 Å². The fourth-order valence-corrected chi connectivity index (χ4v) is 4.08. The van der Waals surface area contributed by atoms with Gasteiger partial charge >= 0.3 is 0 Å². The molecule has 0 fully saturated rings. The number of pyridine rings is 2. The van der Waals surface area contributed by atoms with E-state index in [-0.39, 0.29) is 10.9 Å². The molecule has 3 rings (SSSR count). The number of nitrogens with zero attached hydrogens (tertiary/aromatic N) is 2. The topological polar surface area (TPSA) is 72.0 Å². The minimum atomic E-state index is -3.65. The molecule has 5 nitrogen and oxygen atoms in total. The van der Waals surface area contributed by atoms with Gasteiger partial charge in [0.1, 0.15) is 4.90 Å². The highest BCUT2D eigenvalue weighted by Crippen LogP contribution is 2.22. The van der Waals surface area contributed by atoms with Crippen LogP contribution in [-0.4, -0.2) is 18.4 Å². The van der Waals surface area contributed by atoms with Gasteiger partial charge in [0.15, 0.2) is 0 Å². The largest absolute Gasteiger partial charge is 0.264 e. The molecule has 118 valence electrons. The minimum absolute atomic E-state index is 0.152. The smallest absolute Gasteiger partial charge is 0.242 e. The summed E-state index contributed by atoms with van der Waals surface area (Å²) in [4.78, 5) is 8.12. The third-order valence-electron chi connectivity index (χ3n) is 3.35. The summed E-state index contributed by atoms with van der Waals surface area (Å²) >= 11 is 1.59. The van der Waals surface area contributed by atoms with E-state index in [1.54, 1.807) is 42.1 Å². The highest BCUT2D eigenvalue weighted by molar-refractivity contribution is 7.89. The molecule has 0 saturated heterocycles. The molecule has 1 atom stereocenters. The highest BCUT2D eigenvalue weighted by Gasteiger charge is 2.22. The zero-order valence-electron chi connectivity index (χ0n) is 12.2. The molecule has 0 saturated carbocycles. The Morgan fingerprint density at radius 3 is 2.48 bits per heavy atom. The third kappa shape index (κ3) is 4.01. The van der Waals surface area contributed by atoms with E-state index in [2.05, 4.69) is 14.7 Å². The number of rotatable bonds is 6. The van der Waals surface area contributed by atoms with Gasteiger partial charge in [-0.15, -0.1) is 0 Å². The molecule has 0 spiro atoms. The van der Waals surface area contributed by atoms with Crippen molar-refractivity contribution in [3.8, 4) is 0 Å². The normalized spacial score (nSPS) is 12.9. The molecule has 0 aliphatic rings. The SMILES string of the molecule is O=S(=O)(N[C@@H](Cc1ccsc1)c1cccnc1)c1cccnc1. The van der Waals surface area contributed by atoms with Crippen LogP contribution in [0.25, 0.3) is 0 Å². The van der Waals surface area contributed by atoms with Crippen LogP contribution in [0.4, 0.5) is 0 Å². The van der Waals surface area contributed by atoms with Crippen LogP contribution >= 0.6 is 11.3 Å². The van der Waals surface area contributed by atoms with E-state index in [4.69, 9.17) is 0 Å². The Morgan fingerprint density at radius 2 is 1.87 bits per heavy atom. The Kier molecular flexibility index (Phi) is 4.80. The van der Waals surface area contributed by atoms with Gasteiger partial charge in [-0.05, 0) is 52.6 Å². The lowest BCUT2D eigenvalue weighted by molar-refractivity contribution is 0.554. The molecule has 1 N–H and O–H groups in total. The lowest BCUT2D eigenvalue weighted by atomic mass is 10.0. The van der Waals surface area contributed by atoms with Crippen molar-refractivity contribution >= 4 is 21.4 Å². The number of hydrogen-bond donors (Lipinski definition) is 1. The monoisotopic (exact) mass is 345 g/mol. The number of nitrogens with one attached hydrogen (secondary N) is 1. The fourth-order valence-electron chi connectivity index (χ4n) is 2.22. The standard InChI is InChI=1S/C16H15N3O2S2/c20-23(21,15-4-2-7-18-11-15)19-16(9-13-5-8-22-12-13)14-3-1-6-17-10-14/h1-8,10-12,16,19H,9H2/t16-/m0/s1. The molecule has 0 aliphatic carbocycles. The van der Waals surface area contributed by atoms with Crippen molar-refractivity contribution < 1.29 is 8.42 Å². The molecular weight excluding hydrogens is 330 g/mol. The maximum Gasteiger partial charge on any atom is 0.242 e. The summed E-state index contributed by atoms with van der Waals surface area (Å²) in [6.07, 6.45) is 6.80. The van der Waals surface area contributed by atoms with Gasteiger partial charge < -0.3 is 0 Å². The Labute approximate surface area is 139 Å². The molecule has 0 radical (unpaired) electrons. The summed E-state index contributed by atoms with van der Waals surface area (Å²) in [7, 11) is -3.65. The van der Waals surface area contributed by atoms with Crippen LogP contribution in [0.2, 0.25) is 0 Å². The summed E-state index contributed by atoms with van der Waals surface area (Å²) in [6.45, 7) is 0. The third-order valence-corrected chi connectivity index (χ3v) is 5.54. The number of sulfonamides is 1. The van der Waals surface area contributed by atoms with E-state index in [1.807, 2.05) is 22.9 Å². The summed E-state index contributed by atoms with van der Waals surface area (Å²) in [5.74, 6) is 0. The fraction of sp³-hybridized carbons (Fsp3) is 0.125. The predicted molar refractivity (Wildman–Crippen MR) is 89.6 cm³/mol. The molecule has 7 heteroatoms. The first-order chi connectivity index (χ1) is 11.1. The molecule has 0 unspecified atom stereocenters. The van der Waals surface area contributed by atoms with Gasteiger partial charge in [-0.2, -0.15) is 11.3 Å². The lowest BCUT2D eigenvalue weighted by Crippen LogP contribution is -2.30. The zero-order chi connectivity index (χ0) is 16.1. The zero-order valence-corrected chi connectivity index (χ0v) is 13.8. The van der Waals surface area contributed by atoms with Gasteiger partial charge in [-0.3, -0.25) is 9.97 Å². The Morgan fingerprint density at radius 1 is 1.09 bits per heavy atom. The van der Waals surface area contributed by atoms with Gasteiger partial charge in [-0.1, -0.05) is 6.07 Å². The average Bonchev–Trinajstić information content (AvgIpc) is 3.09. The van der Waals surface area contributed by atoms with Crippen molar-refractivity contribution in [2.75, 3.05) is 0 Å². The van der Waals surface area contributed by atoms with E-state index >= 15 is 0 Å². The molecule has 0 bridgehead atoms. The summed E-state index contributed by atoms with van der Waals surface area (Å²) in [5, 5.41) is 3.99. The Balaban J connectivity index is 1.90. The quantitative estimate of drug-likeness (QED) is 0.746. The summed E-state index contributed by atoms with van der Waals surface area (Å²) in [5.41, 5.74) is 1.91. The maximum absolute atomic E-state index is 12.6. The van der Waals surface area contributed by atoms with E-state index < -0.39 is 10.0 Å². The molecule has 3 heterocycles. The molecule has 0 amide bonds. The first kappa shape index (κ1) is 15.8. The molecule has 23 heavy (non-hydrogen) atoms. The molecule has 0 aromatic carbocycles. The van der Waals surface area contributed by atoms with Gasteiger partial charge in [0.25, 0.3) is 0 Å². The van der Waals surface area contributed by atoms with Crippen LogP contribution in [0.1, 0.15) is 17.2 Å².